The third-order valence-electron chi connectivity index (χ3n) is 5.57. The molecule has 4 nitrogen and oxygen atoms in total. The van der Waals surface area contributed by atoms with Crippen LogP contribution in [0.1, 0.15) is 63.6 Å². The van der Waals surface area contributed by atoms with Gasteiger partial charge in [0.25, 0.3) is 0 Å². The molecule has 0 unspecified atom stereocenters. The van der Waals surface area contributed by atoms with E-state index < -0.39 is 11.8 Å². The molecule has 0 radical (unpaired) electrons. The van der Waals surface area contributed by atoms with Crippen molar-refractivity contribution in [2.45, 2.75) is 78.4 Å². The largest absolute Gasteiger partial charge is 0.514 e. The van der Waals surface area contributed by atoms with E-state index in [1.165, 1.54) is 43.5 Å². The Morgan fingerprint density at radius 1 is 1.27 bits per heavy atom. The molecule has 0 spiro atoms. The lowest BCUT2D eigenvalue weighted by atomic mass is 9.74. The summed E-state index contributed by atoms with van der Waals surface area (Å²) in [6.07, 6.45) is 5.20. The van der Waals surface area contributed by atoms with Crippen LogP contribution in [0, 0.1) is 12.8 Å². The summed E-state index contributed by atoms with van der Waals surface area (Å²) in [6, 6.07) is 4.93. The van der Waals surface area contributed by atoms with Crippen molar-refractivity contribution < 1.29 is 14.3 Å². The van der Waals surface area contributed by atoms with E-state index in [0.29, 0.717) is 12.0 Å². The Hall–Kier alpha value is -1.55. The van der Waals surface area contributed by atoms with Crippen molar-refractivity contribution >= 4 is 6.16 Å². The molecule has 1 saturated heterocycles. The molecule has 0 bridgehead atoms. The molecule has 0 N–H and O–H groups in total. The third-order valence-corrected chi connectivity index (χ3v) is 5.57. The molecule has 0 saturated carbocycles. The number of hydrogen-bond donors (Lipinski definition) is 0. The van der Waals surface area contributed by atoms with Gasteiger partial charge in [-0.1, -0.05) is 19.1 Å². The molecule has 144 valence electrons. The van der Waals surface area contributed by atoms with Crippen LogP contribution in [0.3, 0.4) is 0 Å². The predicted octanol–water partition coefficient (Wildman–Crippen LogP) is 4.90. The van der Waals surface area contributed by atoms with Crippen LogP contribution in [-0.4, -0.2) is 35.8 Å². The molecule has 4 heteroatoms. The van der Waals surface area contributed by atoms with E-state index in [2.05, 4.69) is 24.0 Å². The van der Waals surface area contributed by atoms with E-state index in [4.69, 9.17) is 9.47 Å². The normalized spacial score (nSPS) is 23.1. The van der Waals surface area contributed by atoms with Crippen LogP contribution < -0.4 is 4.74 Å². The smallest absolute Gasteiger partial charge is 0.428 e. The van der Waals surface area contributed by atoms with Crippen molar-refractivity contribution in [3.8, 4) is 5.75 Å². The zero-order valence-electron chi connectivity index (χ0n) is 16.9. The van der Waals surface area contributed by atoms with Crippen molar-refractivity contribution in [3.63, 3.8) is 0 Å². The number of aryl methyl sites for hydroxylation is 1. The van der Waals surface area contributed by atoms with E-state index in [-0.39, 0.29) is 0 Å². The van der Waals surface area contributed by atoms with Gasteiger partial charge >= 0.3 is 6.16 Å². The molecule has 26 heavy (non-hydrogen) atoms. The highest BCUT2D eigenvalue weighted by Crippen LogP contribution is 2.40. The first-order valence-electron chi connectivity index (χ1n) is 10.0. The van der Waals surface area contributed by atoms with E-state index >= 15 is 0 Å². The average Bonchev–Trinajstić information content (AvgIpc) is 2.55. The van der Waals surface area contributed by atoms with Gasteiger partial charge in [-0.05, 0) is 95.5 Å². The van der Waals surface area contributed by atoms with Gasteiger partial charge in [-0.15, -0.1) is 0 Å². The molecule has 0 aromatic heterocycles. The highest BCUT2D eigenvalue weighted by molar-refractivity contribution is 5.66. The summed E-state index contributed by atoms with van der Waals surface area (Å²) in [5, 5.41) is 0. The summed E-state index contributed by atoms with van der Waals surface area (Å²) in [6.45, 7) is 12.2. The van der Waals surface area contributed by atoms with E-state index in [1.54, 1.807) is 0 Å². The van der Waals surface area contributed by atoms with E-state index in [9.17, 15) is 4.79 Å². The lowest BCUT2D eigenvalue weighted by molar-refractivity contribution is 0.0199. The first kappa shape index (κ1) is 19.2. The Balaban J connectivity index is 1.85. The minimum absolute atomic E-state index is 0.547. The number of nitrogens with zero attached hydrogens (tertiary/aromatic N) is 1. The van der Waals surface area contributed by atoms with Gasteiger partial charge < -0.3 is 9.47 Å². The highest BCUT2D eigenvalue weighted by Gasteiger charge is 2.36. The van der Waals surface area contributed by atoms with Crippen molar-refractivity contribution in [1.82, 2.24) is 4.90 Å². The summed E-state index contributed by atoms with van der Waals surface area (Å²) < 4.78 is 11.1. The predicted molar refractivity (Wildman–Crippen MR) is 104 cm³/mol. The number of piperidine rings is 1. The van der Waals surface area contributed by atoms with Crippen LogP contribution in [0.15, 0.2) is 12.1 Å². The molecule has 1 aliphatic carbocycles. The lowest BCUT2D eigenvalue weighted by Gasteiger charge is -2.45. The van der Waals surface area contributed by atoms with Gasteiger partial charge in [0.1, 0.15) is 11.4 Å². The lowest BCUT2D eigenvalue weighted by Crippen LogP contribution is -2.49. The first-order chi connectivity index (χ1) is 12.3. The van der Waals surface area contributed by atoms with Gasteiger partial charge in [0.15, 0.2) is 0 Å². The fourth-order valence-electron chi connectivity index (χ4n) is 4.50. The average molecular weight is 360 g/mol. The molecule has 1 aromatic rings. The fraction of sp³-hybridized carbons (Fsp3) is 0.682. The summed E-state index contributed by atoms with van der Waals surface area (Å²) in [4.78, 5) is 14.9. The van der Waals surface area contributed by atoms with Gasteiger partial charge in [-0.3, -0.25) is 4.90 Å². The number of hydrogen-bond acceptors (Lipinski definition) is 4. The van der Waals surface area contributed by atoms with Crippen LogP contribution in [0.4, 0.5) is 4.79 Å². The second-order valence-corrected chi connectivity index (χ2v) is 8.83. The fourth-order valence-corrected chi connectivity index (χ4v) is 4.50. The number of carbonyl (C=O) groups excluding carboxylic acids is 1. The minimum atomic E-state index is -0.604. The molecule has 2 aliphatic rings. The van der Waals surface area contributed by atoms with Gasteiger partial charge in [-0.25, -0.2) is 4.79 Å². The molecule has 1 fully saturated rings. The second-order valence-electron chi connectivity index (χ2n) is 8.83. The molecule has 1 aromatic carbocycles. The molecule has 3 rings (SSSR count). The summed E-state index contributed by atoms with van der Waals surface area (Å²) in [7, 11) is 0. The SMILES string of the molecule is CCCN1CCC[C@@H]2Cc3c(ccc(C)c3OC(=O)OC(C)(C)C)C[C@H]21. The molecule has 2 atom stereocenters. The van der Waals surface area contributed by atoms with Crippen LogP contribution in [0.2, 0.25) is 0 Å². The summed E-state index contributed by atoms with van der Waals surface area (Å²) in [5.74, 6) is 1.38. The number of carbonyl (C=O) groups is 1. The Bertz CT molecular complexity index is 660. The van der Waals surface area contributed by atoms with Gasteiger partial charge in [0.2, 0.25) is 0 Å². The number of likely N-dealkylation sites (tertiary alicyclic amines) is 1. The monoisotopic (exact) mass is 359 g/mol. The molecule has 0 amide bonds. The van der Waals surface area contributed by atoms with Gasteiger partial charge in [0, 0.05) is 6.04 Å². The number of fused-ring (bicyclic) bond motifs is 2. The molecule has 1 heterocycles. The van der Waals surface area contributed by atoms with Crippen LogP contribution in [0.5, 0.6) is 5.75 Å². The van der Waals surface area contributed by atoms with Crippen LogP contribution in [0.25, 0.3) is 0 Å². The minimum Gasteiger partial charge on any atom is -0.428 e. The van der Waals surface area contributed by atoms with Crippen molar-refractivity contribution in [2.24, 2.45) is 5.92 Å². The molecular formula is C22H33NO3. The maximum absolute atomic E-state index is 12.2. The number of benzene rings is 1. The maximum atomic E-state index is 12.2. The first-order valence-corrected chi connectivity index (χ1v) is 10.0. The number of ether oxygens (including phenoxy) is 2. The van der Waals surface area contributed by atoms with Crippen molar-refractivity contribution in [2.75, 3.05) is 13.1 Å². The van der Waals surface area contributed by atoms with Gasteiger partial charge in [0.05, 0.1) is 0 Å². The third kappa shape index (κ3) is 4.22. The Morgan fingerprint density at radius 2 is 2.04 bits per heavy atom. The zero-order chi connectivity index (χ0) is 18.9. The Kier molecular flexibility index (Phi) is 5.61. The van der Waals surface area contributed by atoms with E-state index in [0.717, 1.165) is 24.2 Å². The maximum Gasteiger partial charge on any atom is 0.514 e. The van der Waals surface area contributed by atoms with Crippen molar-refractivity contribution in [3.05, 3.63) is 28.8 Å². The summed E-state index contributed by atoms with van der Waals surface area (Å²) in [5.41, 5.74) is 3.01. The summed E-state index contributed by atoms with van der Waals surface area (Å²) >= 11 is 0. The second kappa shape index (κ2) is 7.59. The van der Waals surface area contributed by atoms with Crippen LogP contribution in [-0.2, 0) is 17.6 Å². The van der Waals surface area contributed by atoms with E-state index in [1.807, 2.05) is 27.7 Å². The molecule has 1 aliphatic heterocycles. The van der Waals surface area contributed by atoms with Crippen LogP contribution >= 0.6 is 0 Å². The zero-order valence-corrected chi connectivity index (χ0v) is 16.9. The standard InChI is InChI=1S/C22H33NO3/c1-6-11-23-12-7-8-17-13-18-16(14-19(17)23)10-9-15(2)20(18)25-21(24)26-22(3,4)5/h9-10,17,19H,6-8,11-14H2,1-5H3/t17-,19-/m1/s1. The highest BCUT2D eigenvalue weighted by atomic mass is 16.7. The van der Waals surface area contributed by atoms with Gasteiger partial charge in [-0.2, -0.15) is 0 Å². The quantitative estimate of drug-likeness (QED) is 0.568. The number of rotatable bonds is 3. The Labute approximate surface area is 157 Å². The topological polar surface area (TPSA) is 38.8 Å². The van der Waals surface area contributed by atoms with Crippen molar-refractivity contribution in [1.29, 1.82) is 0 Å². The molecular weight excluding hydrogens is 326 g/mol. The Morgan fingerprint density at radius 3 is 2.73 bits per heavy atom.